The van der Waals surface area contributed by atoms with Crippen LogP contribution in [0.1, 0.15) is 32.6 Å². The summed E-state index contributed by atoms with van der Waals surface area (Å²) in [4.78, 5) is 12.0. The van der Waals surface area contributed by atoms with Crippen LogP contribution in [0.5, 0.6) is 6.01 Å². The molecule has 0 bridgehead atoms. The fourth-order valence-electron chi connectivity index (χ4n) is 1.22. The second-order valence-electron chi connectivity index (χ2n) is 3.65. The number of halogens is 1. The van der Waals surface area contributed by atoms with Gasteiger partial charge in [-0.1, -0.05) is 6.92 Å². The number of anilines is 1. The molecule has 6 heteroatoms. The Kier molecular flexibility index (Phi) is 6.89. The molecular weight excluding hydrogens is 252 g/mol. The van der Waals surface area contributed by atoms with Gasteiger partial charge in [-0.15, -0.1) is 12.3 Å². The van der Waals surface area contributed by atoms with E-state index < -0.39 is 0 Å². The van der Waals surface area contributed by atoms with Gasteiger partial charge in [-0.05, 0) is 30.9 Å². The molecule has 0 radical (unpaired) electrons. The number of rotatable bonds is 8. The van der Waals surface area contributed by atoms with Crippen LogP contribution < -0.4 is 10.1 Å². The highest BCUT2D eigenvalue weighted by Crippen LogP contribution is 2.11. The van der Waals surface area contributed by atoms with E-state index in [0.717, 1.165) is 32.2 Å². The first kappa shape index (κ1) is 14.5. The maximum absolute atomic E-state index is 5.78. The molecule has 0 saturated carbocycles. The number of ether oxygens (including phenoxy) is 1. The van der Waals surface area contributed by atoms with Crippen molar-refractivity contribution in [1.82, 2.24) is 15.0 Å². The Morgan fingerprint density at radius 1 is 1.33 bits per heavy atom. The fourth-order valence-corrected chi connectivity index (χ4v) is 1.37. The molecule has 0 spiro atoms. The standard InChI is InChI=1S/C12H17ClN4O/c1-3-5-6-7-8-14-11-15-10(13)16-12(17-11)18-9-4-2/h1H,4-9H2,2H3,(H,14,15,16,17). The number of aromatic nitrogens is 3. The lowest BCUT2D eigenvalue weighted by Gasteiger charge is -2.06. The molecule has 0 atom stereocenters. The van der Waals surface area contributed by atoms with Crippen LogP contribution in [0.15, 0.2) is 0 Å². The molecule has 5 nitrogen and oxygen atoms in total. The van der Waals surface area contributed by atoms with Gasteiger partial charge in [0.2, 0.25) is 11.2 Å². The Balaban J connectivity index is 2.44. The van der Waals surface area contributed by atoms with Crippen LogP contribution in [0.3, 0.4) is 0 Å². The Hall–Kier alpha value is -1.54. The Morgan fingerprint density at radius 2 is 2.17 bits per heavy atom. The summed E-state index contributed by atoms with van der Waals surface area (Å²) >= 11 is 5.78. The third kappa shape index (κ3) is 5.69. The zero-order valence-electron chi connectivity index (χ0n) is 10.4. The fraction of sp³-hybridized carbons (Fsp3) is 0.583. The van der Waals surface area contributed by atoms with Gasteiger partial charge in [0.05, 0.1) is 6.61 Å². The van der Waals surface area contributed by atoms with Crippen molar-refractivity contribution in [3.63, 3.8) is 0 Å². The minimum absolute atomic E-state index is 0.127. The highest BCUT2D eigenvalue weighted by atomic mass is 35.5. The van der Waals surface area contributed by atoms with Crippen LogP contribution in [-0.4, -0.2) is 28.1 Å². The van der Waals surface area contributed by atoms with E-state index >= 15 is 0 Å². The Labute approximate surface area is 112 Å². The SMILES string of the molecule is C#CCCCCNc1nc(Cl)nc(OCCC)n1. The van der Waals surface area contributed by atoms with Gasteiger partial charge in [0.1, 0.15) is 0 Å². The lowest BCUT2D eigenvalue weighted by molar-refractivity contribution is 0.291. The van der Waals surface area contributed by atoms with Crippen LogP contribution in [0.4, 0.5) is 5.95 Å². The number of nitrogens with zero attached hydrogens (tertiary/aromatic N) is 3. The molecule has 0 fully saturated rings. The van der Waals surface area contributed by atoms with Gasteiger partial charge in [-0.2, -0.15) is 15.0 Å². The Morgan fingerprint density at radius 3 is 2.89 bits per heavy atom. The first-order valence-electron chi connectivity index (χ1n) is 5.98. The quantitative estimate of drug-likeness (QED) is 0.580. The molecule has 1 aromatic heterocycles. The first-order valence-corrected chi connectivity index (χ1v) is 6.35. The molecule has 0 aromatic carbocycles. The third-order valence-electron chi connectivity index (χ3n) is 2.05. The van der Waals surface area contributed by atoms with Gasteiger partial charge >= 0.3 is 6.01 Å². The first-order chi connectivity index (χ1) is 8.76. The zero-order valence-corrected chi connectivity index (χ0v) is 11.2. The molecule has 1 N–H and O–H groups in total. The molecule has 1 aromatic rings. The summed E-state index contributed by atoms with van der Waals surface area (Å²) < 4.78 is 5.31. The van der Waals surface area contributed by atoms with Gasteiger partial charge in [0.15, 0.2) is 0 Å². The predicted octanol–water partition coefficient (Wildman–Crippen LogP) is 2.53. The van der Waals surface area contributed by atoms with E-state index in [2.05, 4.69) is 26.2 Å². The summed E-state index contributed by atoms with van der Waals surface area (Å²) in [5.41, 5.74) is 0. The maximum Gasteiger partial charge on any atom is 0.322 e. The van der Waals surface area contributed by atoms with Gasteiger partial charge in [-0.25, -0.2) is 0 Å². The number of hydrogen-bond donors (Lipinski definition) is 1. The summed E-state index contributed by atoms with van der Waals surface area (Å²) in [6.07, 6.45) is 8.77. The summed E-state index contributed by atoms with van der Waals surface area (Å²) in [5, 5.41) is 3.19. The van der Waals surface area contributed by atoms with Crippen molar-refractivity contribution >= 4 is 17.5 Å². The molecule has 1 rings (SSSR count). The highest BCUT2D eigenvalue weighted by molar-refractivity contribution is 6.28. The van der Waals surface area contributed by atoms with Crippen LogP contribution in [0, 0.1) is 12.3 Å². The van der Waals surface area contributed by atoms with Gasteiger partial charge in [-0.3, -0.25) is 0 Å². The molecule has 0 aliphatic carbocycles. The smallest absolute Gasteiger partial charge is 0.322 e. The van der Waals surface area contributed by atoms with E-state index in [1.165, 1.54) is 0 Å². The minimum atomic E-state index is 0.127. The highest BCUT2D eigenvalue weighted by Gasteiger charge is 2.05. The van der Waals surface area contributed by atoms with Crippen LogP contribution in [0.2, 0.25) is 5.28 Å². The molecule has 1 heterocycles. The van der Waals surface area contributed by atoms with Gasteiger partial charge in [0.25, 0.3) is 0 Å². The predicted molar refractivity (Wildman–Crippen MR) is 71.8 cm³/mol. The van der Waals surface area contributed by atoms with E-state index in [-0.39, 0.29) is 11.3 Å². The monoisotopic (exact) mass is 268 g/mol. The summed E-state index contributed by atoms with van der Waals surface area (Å²) in [5.74, 6) is 3.03. The molecule has 0 amide bonds. The van der Waals surface area contributed by atoms with Crippen LogP contribution in [-0.2, 0) is 0 Å². The molecule has 0 saturated heterocycles. The number of terminal acetylenes is 1. The van der Waals surface area contributed by atoms with Gasteiger partial charge in [0, 0.05) is 13.0 Å². The third-order valence-corrected chi connectivity index (χ3v) is 2.22. The van der Waals surface area contributed by atoms with Crippen molar-refractivity contribution in [2.24, 2.45) is 0 Å². The Bertz CT molecular complexity index is 406. The van der Waals surface area contributed by atoms with E-state index in [9.17, 15) is 0 Å². The lowest BCUT2D eigenvalue weighted by Crippen LogP contribution is -2.08. The van der Waals surface area contributed by atoms with Crippen LogP contribution in [0.25, 0.3) is 0 Å². The molecule has 0 aliphatic rings. The average molecular weight is 269 g/mol. The molecule has 0 aliphatic heterocycles. The molecular formula is C12H17ClN4O. The zero-order chi connectivity index (χ0) is 13.2. The topological polar surface area (TPSA) is 59.9 Å². The lowest BCUT2D eigenvalue weighted by atomic mass is 10.2. The molecule has 98 valence electrons. The van der Waals surface area contributed by atoms with Crippen LogP contribution >= 0.6 is 11.6 Å². The van der Waals surface area contributed by atoms with Crippen molar-refractivity contribution in [2.45, 2.75) is 32.6 Å². The van der Waals surface area contributed by atoms with E-state index in [4.69, 9.17) is 22.8 Å². The number of unbranched alkanes of at least 4 members (excludes halogenated alkanes) is 2. The number of nitrogens with one attached hydrogen (secondary N) is 1. The van der Waals surface area contributed by atoms with Crippen molar-refractivity contribution < 1.29 is 4.74 Å². The minimum Gasteiger partial charge on any atom is -0.463 e. The molecule has 0 unspecified atom stereocenters. The van der Waals surface area contributed by atoms with Crippen molar-refractivity contribution in [1.29, 1.82) is 0 Å². The summed E-state index contributed by atoms with van der Waals surface area (Å²) in [6, 6.07) is 0.253. The van der Waals surface area contributed by atoms with Crippen molar-refractivity contribution in [2.75, 3.05) is 18.5 Å². The normalized spacial score (nSPS) is 9.83. The van der Waals surface area contributed by atoms with Crippen molar-refractivity contribution in [3.05, 3.63) is 5.28 Å². The molecule has 18 heavy (non-hydrogen) atoms. The van der Waals surface area contributed by atoms with Crippen molar-refractivity contribution in [3.8, 4) is 18.4 Å². The summed E-state index contributed by atoms with van der Waals surface area (Å²) in [7, 11) is 0. The van der Waals surface area contributed by atoms with Gasteiger partial charge < -0.3 is 10.1 Å². The second kappa shape index (κ2) is 8.54. The summed E-state index contributed by atoms with van der Waals surface area (Å²) in [6.45, 7) is 3.31. The second-order valence-corrected chi connectivity index (χ2v) is 3.99. The van der Waals surface area contributed by atoms with E-state index in [0.29, 0.717) is 12.6 Å². The number of hydrogen-bond acceptors (Lipinski definition) is 5. The maximum atomic E-state index is 5.78. The average Bonchev–Trinajstić information content (AvgIpc) is 2.35. The van der Waals surface area contributed by atoms with E-state index in [1.54, 1.807) is 0 Å². The van der Waals surface area contributed by atoms with E-state index in [1.807, 2.05) is 6.92 Å². The largest absolute Gasteiger partial charge is 0.463 e.